The minimum Gasteiger partial charge on any atom is -0.477 e. The number of carboxylic acids is 1. The first-order valence-corrected chi connectivity index (χ1v) is 11.5. The molecule has 2 amide bonds. The Morgan fingerprint density at radius 3 is 2.23 bits per heavy atom. The monoisotopic (exact) mass is 486 g/mol. The van der Waals surface area contributed by atoms with E-state index in [2.05, 4.69) is 32.7 Å². The number of aromatic carboxylic acids is 1. The number of fused-ring (bicyclic) bond motifs is 3. The number of ether oxygens (including phenoxy) is 1. The van der Waals surface area contributed by atoms with Crippen LogP contribution in [0.3, 0.4) is 0 Å². The standard InChI is InChI=1S/C25H18N4O5S/c30-22(27-14-9-10-20(23(31)32)26-11-14)21-13-35-24(28-21)29-25(33)34-12-19-17-7-3-1-5-15(17)16-6-2-4-8-18(16)19/h1-11,13,19H,12H2,(H,27,30)(H,31,32)(H,28,29,33). The van der Waals surface area contributed by atoms with Gasteiger partial charge in [0.05, 0.1) is 11.9 Å². The fraction of sp³-hybridized carbons (Fsp3) is 0.0800. The van der Waals surface area contributed by atoms with Gasteiger partial charge in [0.2, 0.25) is 0 Å². The molecule has 2 aromatic carbocycles. The number of aromatic nitrogens is 2. The summed E-state index contributed by atoms with van der Waals surface area (Å²) in [7, 11) is 0. The van der Waals surface area contributed by atoms with Gasteiger partial charge in [0.15, 0.2) is 5.13 Å². The Balaban J connectivity index is 1.19. The van der Waals surface area contributed by atoms with E-state index in [4.69, 9.17) is 9.84 Å². The van der Waals surface area contributed by atoms with Gasteiger partial charge in [-0.15, -0.1) is 11.3 Å². The van der Waals surface area contributed by atoms with Crippen LogP contribution in [0.5, 0.6) is 0 Å². The molecule has 0 saturated heterocycles. The lowest BCUT2D eigenvalue weighted by atomic mass is 9.98. The van der Waals surface area contributed by atoms with E-state index in [1.165, 1.54) is 23.7 Å². The van der Waals surface area contributed by atoms with E-state index < -0.39 is 18.0 Å². The van der Waals surface area contributed by atoms with Crippen LogP contribution in [-0.4, -0.2) is 39.7 Å². The molecule has 5 rings (SSSR count). The summed E-state index contributed by atoms with van der Waals surface area (Å²) < 4.78 is 5.50. The molecule has 0 atom stereocenters. The number of amides is 2. The largest absolute Gasteiger partial charge is 0.477 e. The summed E-state index contributed by atoms with van der Waals surface area (Å²) in [6, 6.07) is 18.8. The number of anilines is 2. The zero-order valence-corrected chi connectivity index (χ0v) is 18.9. The zero-order valence-electron chi connectivity index (χ0n) is 18.1. The quantitative estimate of drug-likeness (QED) is 0.355. The number of carbonyl (C=O) groups excluding carboxylic acids is 2. The molecule has 2 heterocycles. The van der Waals surface area contributed by atoms with Crippen molar-refractivity contribution in [3.05, 3.63) is 94.8 Å². The third kappa shape index (κ3) is 4.59. The molecule has 1 aliphatic carbocycles. The number of pyridine rings is 1. The van der Waals surface area contributed by atoms with Gasteiger partial charge in [0.25, 0.3) is 5.91 Å². The van der Waals surface area contributed by atoms with E-state index in [0.717, 1.165) is 33.6 Å². The molecule has 0 spiro atoms. The highest BCUT2D eigenvalue weighted by Gasteiger charge is 2.29. The molecule has 3 N–H and O–H groups in total. The minimum atomic E-state index is -1.16. The first-order valence-electron chi connectivity index (χ1n) is 10.6. The van der Waals surface area contributed by atoms with Crippen LogP contribution in [0.4, 0.5) is 15.6 Å². The maximum atomic E-state index is 12.4. The summed E-state index contributed by atoms with van der Waals surface area (Å²) >= 11 is 1.08. The average Bonchev–Trinajstić information content (AvgIpc) is 3.46. The average molecular weight is 487 g/mol. The second-order valence-corrected chi connectivity index (χ2v) is 8.54. The Morgan fingerprint density at radius 2 is 1.60 bits per heavy atom. The smallest absolute Gasteiger partial charge is 0.413 e. The van der Waals surface area contributed by atoms with Crippen molar-refractivity contribution in [2.45, 2.75) is 5.92 Å². The van der Waals surface area contributed by atoms with E-state index in [0.29, 0.717) is 5.69 Å². The van der Waals surface area contributed by atoms with Gasteiger partial charge in [-0.1, -0.05) is 48.5 Å². The van der Waals surface area contributed by atoms with Crippen molar-refractivity contribution in [2.24, 2.45) is 0 Å². The Bertz CT molecular complexity index is 1390. The molecule has 35 heavy (non-hydrogen) atoms. The van der Waals surface area contributed by atoms with Crippen molar-refractivity contribution in [1.82, 2.24) is 9.97 Å². The number of carbonyl (C=O) groups is 3. The molecular formula is C25H18N4O5S. The second-order valence-electron chi connectivity index (χ2n) is 7.68. The minimum absolute atomic E-state index is 0.0630. The molecule has 0 aliphatic heterocycles. The first kappa shape index (κ1) is 22.2. The fourth-order valence-electron chi connectivity index (χ4n) is 3.95. The number of carboxylic acid groups (broad SMARTS) is 1. The van der Waals surface area contributed by atoms with Crippen LogP contribution < -0.4 is 10.6 Å². The summed E-state index contributed by atoms with van der Waals surface area (Å²) in [5, 5.41) is 15.7. The topological polar surface area (TPSA) is 131 Å². The SMILES string of the molecule is O=C(Nc1nc(C(=O)Nc2ccc(C(=O)O)nc2)cs1)OCC1c2ccccc2-c2ccccc21. The summed E-state index contributed by atoms with van der Waals surface area (Å²) in [5.74, 6) is -1.75. The number of thiazole rings is 1. The number of nitrogens with zero attached hydrogens (tertiary/aromatic N) is 2. The number of rotatable bonds is 6. The van der Waals surface area contributed by atoms with Crippen molar-refractivity contribution in [1.29, 1.82) is 0 Å². The van der Waals surface area contributed by atoms with Crippen LogP contribution in [0.25, 0.3) is 11.1 Å². The van der Waals surface area contributed by atoms with E-state index in [-0.39, 0.29) is 29.0 Å². The van der Waals surface area contributed by atoms with Gasteiger partial charge in [-0.2, -0.15) is 0 Å². The molecule has 174 valence electrons. The summed E-state index contributed by atoms with van der Waals surface area (Å²) in [4.78, 5) is 43.6. The first-order chi connectivity index (χ1) is 17.0. The van der Waals surface area contributed by atoms with Crippen molar-refractivity contribution < 1.29 is 24.2 Å². The number of nitrogens with one attached hydrogen (secondary N) is 2. The zero-order chi connectivity index (χ0) is 24.4. The third-order valence-corrected chi connectivity index (χ3v) is 6.29. The number of hydrogen-bond donors (Lipinski definition) is 3. The van der Waals surface area contributed by atoms with Crippen molar-refractivity contribution in [3.63, 3.8) is 0 Å². The summed E-state index contributed by atoms with van der Waals surface area (Å²) in [6.07, 6.45) is 0.574. The fourth-order valence-corrected chi connectivity index (χ4v) is 4.62. The highest BCUT2D eigenvalue weighted by atomic mass is 32.1. The highest BCUT2D eigenvalue weighted by molar-refractivity contribution is 7.14. The Kier molecular flexibility index (Phi) is 5.94. The Morgan fingerprint density at radius 1 is 0.914 bits per heavy atom. The maximum Gasteiger partial charge on any atom is 0.413 e. The van der Waals surface area contributed by atoms with Gasteiger partial charge in [0, 0.05) is 11.3 Å². The van der Waals surface area contributed by atoms with Crippen LogP contribution in [0, 0.1) is 0 Å². The van der Waals surface area contributed by atoms with Gasteiger partial charge >= 0.3 is 12.1 Å². The summed E-state index contributed by atoms with van der Waals surface area (Å²) in [6.45, 7) is 0.165. The second kappa shape index (κ2) is 9.35. The van der Waals surface area contributed by atoms with E-state index >= 15 is 0 Å². The van der Waals surface area contributed by atoms with Crippen LogP contribution >= 0.6 is 11.3 Å². The Hall–Kier alpha value is -4.57. The third-order valence-electron chi connectivity index (χ3n) is 5.53. The van der Waals surface area contributed by atoms with Gasteiger partial charge in [-0.3, -0.25) is 10.1 Å². The molecular weight excluding hydrogens is 468 g/mol. The van der Waals surface area contributed by atoms with Gasteiger partial charge in [-0.25, -0.2) is 19.6 Å². The molecule has 0 saturated carbocycles. The molecule has 0 bridgehead atoms. The molecule has 2 aromatic heterocycles. The van der Waals surface area contributed by atoms with E-state index in [1.54, 1.807) is 0 Å². The molecule has 10 heteroatoms. The normalized spacial score (nSPS) is 11.9. The predicted octanol–water partition coefficient (Wildman–Crippen LogP) is 4.85. The molecule has 4 aromatic rings. The van der Waals surface area contributed by atoms with Crippen molar-refractivity contribution >= 4 is 40.1 Å². The van der Waals surface area contributed by atoms with Crippen LogP contribution in [0.15, 0.2) is 72.2 Å². The van der Waals surface area contributed by atoms with Crippen molar-refractivity contribution in [3.8, 4) is 11.1 Å². The molecule has 0 unspecified atom stereocenters. The molecule has 0 radical (unpaired) electrons. The van der Waals surface area contributed by atoms with E-state index in [9.17, 15) is 14.4 Å². The van der Waals surface area contributed by atoms with Crippen LogP contribution in [0.1, 0.15) is 38.0 Å². The molecule has 0 fully saturated rings. The molecule has 1 aliphatic rings. The Labute approximate surface area is 203 Å². The van der Waals surface area contributed by atoms with Crippen molar-refractivity contribution in [2.75, 3.05) is 17.2 Å². The number of benzene rings is 2. The van der Waals surface area contributed by atoms with Gasteiger partial charge < -0.3 is 15.2 Å². The lowest BCUT2D eigenvalue weighted by Gasteiger charge is -2.14. The van der Waals surface area contributed by atoms with E-state index in [1.807, 2.05) is 36.4 Å². The molecule has 9 nitrogen and oxygen atoms in total. The van der Waals surface area contributed by atoms with Crippen LogP contribution in [0.2, 0.25) is 0 Å². The highest BCUT2D eigenvalue weighted by Crippen LogP contribution is 2.44. The lowest BCUT2D eigenvalue weighted by Crippen LogP contribution is -2.18. The van der Waals surface area contributed by atoms with Gasteiger partial charge in [0.1, 0.15) is 18.0 Å². The predicted molar refractivity (Wildman–Crippen MR) is 130 cm³/mol. The number of hydrogen-bond acceptors (Lipinski definition) is 7. The maximum absolute atomic E-state index is 12.4. The van der Waals surface area contributed by atoms with Gasteiger partial charge in [-0.05, 0) is 34.4 Å². The van der Waals surface area contributed by atoms with Crippen LogP contribution in [-0.2, 0) is 4.74 Å². The summed E-state index contributed by atoms with van der Waals surface area (Å²) in [5.41, 5.74) is 4.78. The lowest BCUT2D eigenvalue weighted by molar-refractivity contribution is 0.0690.